The van der Waals surface area contributed by atoms with Gasteiger partial charge in [0.05, 0.1) is 25.2 Å². The molecule has 0 bridgehead atoms. The number of amides is 2. The van der Waals surface area contributed by atoms with Crippen molar-refractivity contribution in [2.24, 2.45) is 23.7 Å². The number of methoxy groups -OCH3 is 1. The topological polar surface area (TPSA) is 101 Å². The molecule has 0 aromatic heterocycles. The van der Waals surface area contributed by atoms with Crippen molar-refractivity contribution in [3.63, 3.8) is 0 Å². The lowest BCUT2D eigenvalue weighted by Crippen LogP contribution is -2.55. The molecule has 2 unspecified atom stereocenters. The van der Waals surface area contributed by atoms with Crippen molar-refractivity contribution in [1.82, 2.24) is 4.90 Å². The van der Waals surface area contributed by atoms with E-state index in [4.69, 9.17) is 0 Å². The third kappa shape index (κ3) is 4.99. The van der Waals surface area contributed by atoms with Gasteiger partial charge in [0.15, 0.2) is 0 Å². The van der Waals surface area contributed by atoms with Gasteiger partial charge in [0.25, 0.3) is 0 Å². The zero-order valence-electron chi connectivity index (χ0n) is 17.6. The summed E-state index contributed by atoms with van der Waals surface area (Å²) in [5, 5.41) is 10.7. The Hall–Kier alpha value is -1.76. The lowest BCUT2D eigenvalue weighted by atomic mass is 9.71. The summed E-state index contributed by atoms with van der Waals surface area (Å²) in [7, 11) is 1.27. The maximum absolute atomic E-state index is 12.7. The Kier molecular flexibility index (Phi) is 7.02. The van der Waals surface area contributed by atoms with Crippen LogP contribution in [0.25, 0.3) is 0 Å². The van der Waals surface area contributed by atoms with Crippen LogP contribution < -0.4 is 0 Å². The molecule has 0 spiro atoms. The van der Waals surface area contributed by atoms with E-state index in [1.54, 1.807) is 13.8 Å². The molecular formula is C21H33NO6. The lowest BCUT2D eigenvalue weighted by molar-refractivity contribution is -0.159. The number of likely N-dealkylation sites (tertiary alicyclic amines) is 1. The smallest absolute Gasteiger partial charge is 0.307 e. The quantitative estimate of drug-likeness (QED) is 0.546. The summed E-state index contributed by atoms with van der Waals surface area (Å²) >= 11 is 0. The van der Waals surface area contributed by atoms with Crippen LogP contribution in [0.15, 0.2) is 0 Å². The first-order valence-electron chi connectivity index (χ1n) is 10.1. The zero-order chi connectivity index (χ0) is 21.2. The van der Waals surface area contributed by atoms with Crippen LogP contribution in [0.5, 0.6) is 0 Å². The van der Waals surface area contributed by atoms with Gasteiger partial charge in [-0.15, -0.1) is 0 Å². The van der Waals surface area contributed by atoms with E-state index in [2.05, 4.69) is 11.7 Å². The van der Waals surface area contributed by atoms with Crippen LogP contribution in [-0.2, 0) is 23.9 Å². The Bertz CT molecular complexity index is 625. The van der Waals surface area contributed by atoms with Crippen LogP contribution in [0.2, 0.25) is 0 Å². The van der Waals surface area contributed by atoms with E-state index in [0.717, 1.165) is 11.3 Å². The van der Waals surface area contributed by atoms with Gasteiger partial charge >= 0.3 is 5.97 Å². The summed E-state index contributed by atoms with van der Waals surface area (Å²) in [4.78, 5) is 50.5. The second-order valence-corrected chi connectivity index (χ2v) is 9.25. The van der Waals surface area contributed by atoms with E-state index in [-0.39, 0.29) is 55.1 Å². The Morgan fingerprint density at radius 3 is 2.29 bits per heavy atom. The molecule has 1 aliphatic carbocycles. The van der Waals surface area contributed by atoms with E-state index >= 15 is 0 Å². The van der Waals surface area contributed by atoms with Gasteiger partial charge in [-0.1, -0.05) is 13.8 Å². The molecule has 0 radical (unpaired) electrons. The minimum atomic E-state index is -0.963. The maximum Gasteiger partial charge on any atom is 0.307 e. The molecule has 2 aliphatic rings. The molecule has 1 N–H and O–H groups in total. The van der Waals surface area contributed by atoms with Crippen molar-refractivity contribution in [1.29, 1.82) is 0 Å². The van der Waals surface area contributed by atoms with Gasteiger partial charge in [0.1, 0.15) is 5.78 Å². The van der Waals surface area contributed by atoms with Crippen molar-refractivity contribution in [2.45, 2.75) is 77.9 Å². The number of aliphatic hydroxyl groups excluding tert-OH is 1. The molecule has 2 rings (SSSR count). The highest BCUT2D eigenvalue weighted by molar-refractivity contribution is 5.99. The highest BCUT2D eigenvalue weighted by Gasteiger charge is 2.44. The first-order chi connectivity index (χ1) is 13.0. The van der Waals surface area contributed by atoms with E-state index in [1.807, 2.05) is 6.92 Å². The average molecular weight is 395 g/mol. The molecule has 1 heterocycles. The second kappa shape index (κ2) is 8.72. The number of esters is 1. The number of nitrogens with zero attached hydrogens (tertiary/aromatic N) is 1. The third-order valence-electron chi connectivity index (χ3n) is 6.14. The Morgan fingerprint density at radius 2 is 1.75 bits per heavy atom. The van der Waals surface area contributed by atoms with E-state index in [1.165, 1.54) is 7.11 Å². The van der Waals surface area contributed by atoms with Crippen molar-refractivity contribution >= 4 is 23.6 Å². The van der Waals surface area contributed by atoms with Crippen molar-refractivity contribution < 1.29 is 29.0 Å². The standard InChI is InChI=1S/C21H33NO6/c1-12-6-13(2)20(27)15(7-12)16(23)8-14-9-17(24)22(18(25)10-14)21(3,4)11-19(26)28-5/h12-16,23H,6-11H2,1-5H3/t12-,13-,15?,16?/m0/s1. The summed E-state index contributed by atoms with van der Waals surface area (Å²) in [6, 6.07) is 0. The zero-order valence-corrected chi connectivity index (χ0v) is 17.6. The molecule has 2 fully saturated rings. The van der Waals surface area contributed by atoms with Crippen LogP contribution in [0.3, 0.4) is 0 Å². The second-order valence-electron chi connectivity index (χ2n) is 9.25. The van der Waals surface area contributed by atoms with Crippen molar-refractivity contribution in [3.8, 4) is 0 Å². The normalized spacial score (nSPS) is 28.4. The summed E-state index contributed by atoms with van der Waals surface area (Å²) in [5.74, 6) is -1.50. The first-order valence-corrected chi connectivity index (χ1v) is 10.1. The van der Waals surface area contributed by atoms with Gasteiger partial charge in [0, 0.05) is 24.7 Å². The summed E-state index contributed by atoms with van der Waals surface area (Å²) in [5.41, 5.74) is -0.963. The number of hydrogen-bond donors (Lipinski definition) is 1. The molecular weight excluding hydrogens is 362 g/mol. The van der Waals surface area contributed by atoms with Crippen LogP contribution >= 0.6 is 0 Å². The van der Waals surface area contributed by atoms with E-state index in [0.29, 0.717) is 12.3 Å². The van der Waals surface area contributed by atoms with Crippen LogP contribution in [0.1, 0.15) is 66.2 Å². The predicted molar refractivity (Wildman–Crippen MR) is 102 cm³/mol. The molecule has 0 aromatic rings. The molecule has 7 nitrogen and oxygen atoms in total. The van der Waals surface area contributed by atoms with Crippen LogP contribution in [-0.4, -0.2) is 52.3 Å². The summed E-state index contributed by atoms with van der Waals surface area (Å²) in [6.07, 6.45) is 1.10. The predicted octanol–water partition coefficient (Wildman–Crippen LogP) is 2.10. The van der Waals surface area contributed by atoms with Gasteiger partial charge in [0.2, 0.25) is 11.8 Å². The summed E-state index contributed by atoms with van der Waals surface area (Å²) in [6.45, 7) is 7.31. The molecule has 1 saturated carbocycles. The fourth-order valence-corrected chi connectivity index (χ4v) is 4.82. The number of rotatable bonds is 6. The Labute approximate surface area is 166 Å². The number of imide groups is 1. The first kappa shape index (κ1) is 22.5. The number of carbonyl (C=O) groups is 4. The highest BCUT2D eigenvalue weighted by Crippen LogP contribution is 2.36. The van der Waals surface area contributed by atoms with Gasteiger partial charge < -0.3 is 9.84 Å². The number of ether oxygens (including phenoxy) is 1. The van der Waals surface area contributed by atoms with Crippen LogP contribution in [0.4, 0.5) is 0 Å². The van der Waals surface area contributed by atoms with Gasteiger partial charge in [-0.05, 0) is 44.9 Å². The third-order valence-corrected chi connectivity index (χ3v) is 6.14. The number of Topliss-reactive ketones (excluding diaryl/α,β-unsaturated/α-hetero) is 1. The van der Waals surface area contributed by atoms with E-state index in [9.17, 15) is 24.3 Å². The fourth-order valence-electron chi connectivity index (χ4n) is 4.82. The van der Waals surface area contributed by atoms with Crippen molar-refractivity contribution in [2.75, 3.05) is 7.11 Å². The molecule has 2 amide bonds. The maximum atomic E-state index is 12.7. The SMILES string of the molecule is COC(=O)CC(C)(C)N1C(=O)CC(CC(O)C2C[C@@H](C)C[C@H](C)C2=O)CC1=O. The van der Waals surface area contributed by atoms with Crippen molar-refractivity contribution in [3.05, 3.63) is 0 Å². The van der Waals surface area contributed by atoms with E-state index < -0.39 is 23.5 Å². The molecule has 0 aromatic carbocycles. The monoisotopic (exact) mass is 395 g/mol. The highest BCUT2D eigenvalue weighted by atomic mass is 16.5. The number of ketones is 1. The van der Waals surface area contributed by atoms with Gasteiger partial charge in [-0.3, -0.25) is 24.1 Å². The molecule has 4 atom stereocenters. The fraction of sp³-hybridized carbons (Fsp3) is 0.810. The molecule has 7 heteroatoms. The number of hydrogen-bond acceptors (Lipinski definition) is 6. The Balaban J connectivity index is 2.02. The minimum Gasteiger partial charge on any atom is -0.469 e. The largest absolute Gasteiger partial charge is 0.469 e. The van der Waals surface area contributed by atoms with Crippen LogP contribution in [0, 0.1) is 23.7 Å². The Morgan fingerprint density at radius 1 is 1.18 bits per heavy atom. The number of carbonyl (C=O) groups excluding carboxylic acids is 4. The number of piperidine rings is 1. The van der Waals surface area contributed by atoms with Gasteiger partial charge in [-0.25, -0.2) is 0 Å². The number of aliphatic hydroxyl groups is 1. The molecule has 1 aliphatic heterocycles. The molecule has 158 valence electrons. The minimum absolute atomic E-state index is 0.0624. The molecule has 28 heavy (non-hydrogen) atoms. The summed E-state index contributed by atoms with van der Waals surface area (Å²) < 4.78 is 4.66. The average Bonchev–Trinajstić information content (AvgIpc) is 2.56. The van der Waals surface area contributed by atoms with Gasteiger partial charge in [-0.2, -0.15) is 0 Å². The lowest BCUT2D eigenvalue weighted by Gasteiger charge is -2.41. The molecule has 1 saturated heterocycles.